The van der Waals surface area contributed by atoms with E-state index in [0.717, 1.165) is 39.4 Å². The van der Waals surface area contributed by atoms with E-state index >= 15 is 0 Å². The number of pyridine rings is 1. The van der Waals surface area contributed by atoms with Gasteiger partial charge >= 0.3 is 0 Å². The Hall–Kier alpha value is -0.970. The Morgan fingerprint density at radius 3 is 3.05 bits per heavy atom. The van der Waals surface area contributed by atoms with Crippen LogP contribution in [0.5, 0.6) is 0 Å². The highest BCUT2D eigenvalue weighted by Gasteiger charge is 2.33. The lowest BCUT2D eigenvalue weighted by molar-refractivity contribution is -0.0234. The van der Waals surface area contributed by atoms with Crippen molar-refractivity contribution in [3.05, 3.63) is 30.1 Å². The zero-order valence-electron chi connectivity index (χ0n) is 12.8. The average molecular weight is 277 g/mol. The van der Waals surface area contributed by atoms with E-state index in [1.165, 1.54) is 18.4 Å². The van der Waals surface area contributed by atoms with Crippen molar-refractivity contribution in [3.8, 4) is 0 Å². The fraction of sp³-hybridized carbons (Fsp3) is 0.688. The first-order chi connectivity index (χ1) is 9.74. The summed E-state index contributed by atoms with van der Waals surface area (Å²) in [4.78, 5) is 6.58. The first-order valence-corrected chi connectivity index (χ1v) is 7.60. The quantitative estimate of drug-likeness (QED) is 0.826. The molecule has 0 aromatic carbocycles. The summed E-state index contributed by atoms with van der Waals surface area (Å²) >= 11 is 0. The van der Waals surface area contributed by atoms with Gasteiger partial charge in [-0.1, -0.05) is 13.0 Å². The Kier molecular flexibility index (Phi) is 5.95. The molecule has 1 atom stereocenters. The number of nitrogens with one attached hydrogen (secondary N) is 1. The number of ether oxygens (including phenoxy) is 1. The molecule has 4 heteroatoms. The lowest BCUT2D eigenvalue weighted by Gasteiger charge is -2.40. The zero-order valence-corrected chi connectivity index (χ0v) is 12.8. The SMILES string of the molecule is CCNCC1(CN(C)Cc2cccnc2)CCCOC1. The lowest BCUT2D eigenvalue weighted by atomic mass is 9.81. The van der Waals surface area contributed by atoms with Crippen LogP contribution in [0.25, 0.3) is 0 Å². The van der Waals surface area contributed by atoms with Gasteiger partial charge in [-0.2, -0.15) is 0 Å². The van der Waals surface area contributed by atoms with Crippen LogP contribution in [-0.2, 0) is 11.3 Å². The molecule has 1 aliphatic rings. The molecule has 1 unspecified atom stereocenters. The number of aromatic nitrogens is 1. The van der Waals surface area contributed by atoms with E-state index < -0.39 is 0 Å². The Balaban J connectivity index is 1.92. The topological polar surface area (TPSA) is 37.4 Å². The molecular formula is C16H27N3O. The van der Waals surface area contributed by atoms with Gasteiger partial charge in [0.2, 0.25) is 0 Å². The van der Waals surface area contributed by atoms with E-state index in [4.69, 9.17) is 4.74 Å². The number of hydrogen-bond donors (Lipinski definition) is 1. The second-order valence-corrected chi connectivity index (χ2v) is 5.97. The lowest BCUT2D eigenvalue weighted by Crippen LogP contribution is -2.48. The van der Waals surface area contributed by atoms with Crippen molar-refractivity contribution in [2.45, 2.75) is 26.3 Å². The molecule has 4 nitrogen and oxygen atoms in total. The minimum absolute atomic E-state index is 0.255. The summed E-state index contributed by atoms with van der Waals surface area (Å²) in [5.74, 6) is 0. The van der Waals surface area contributed by atoms with Crippen LogP contribution >= 0.6 is 0 Å². The van der Waals surface area contributed by atoms with Gasteiger partial charge in [-0.3, -0.25) is 4.98 Å². The molecule has 1 aromatic rings. The minimum atomic E-state index is 0.255. The maximum atomic E-state index is 5.75. The molecular weight excluding hydrogens is 250 g/mol. The molecule has 0 spiro atoms. The van der Waals surface area contributed by atoms with Crippen LogP contribution in [-0.4, -0.2) is 49.8 Å². The van der Waals surface area contributed by atoms with Gasteiger partial charge in [0.05, 0.1) is 6.61 Å². The van der Waals surface area contributed by atoms with Gasteiger partial charge in [0.25, 0.3) is 0 Å². The fourth-order valence-electron chi connectivity index (χ4n) is 3.05. The molecule has 112 valence electrons. The van der Waals surface area contributed by atoms with Crippen LogP contribution in [0.4, 0.5) is 0 Å². The second-order valence-electron chi connectivity index (χ2n) is 5.97. The molecule has 1 fully saturated rings. The molecule has 2 rings (SSSR count). The van der Waals surface area contributed by atoms with Gasteiger partial charge in [-0.05, 0) is 38.1 Å². The molecule has 0 bridgehead atoms. The predicted molar refractivity (Wildman–Crippen MR) is 81.6 cm³/mol. The van der Waals surface area contributed by atoms with Gasteiger partial charge in [0, 0.05) is 44.0 Å². The third kappa shape index (κ3) is 4.54. The van der Waals surface area contributed by atoms with Gasteiger partial charge in [0.15, 0.2) is 0 Å². The Morgan fingerprint density at radius 1 is 1.50 bits per heavy atom. The summed E-state index contributed by atoms with van der Waals surface area (Å²) < 4.78 is 5.75. The van der Waals surface area contributed by atoms with Crippen LogP contribution in [0, 0.1) is 5.41 Å². The van der Waals surface area contributed by atoms with Crippen LogP contribution < -0.4 is 5.32 Å². The van der Waals surface area contributed by atoms with E-state index in [0.29, 0.717) is 0 Å². The highest BCUT2D eigenvalue weighted by molar-refractivity contribution is 5.08. The summed E-state index contributed by atoms with van der Waals surface area (Å²) in [6.07, 6.45) is 6.19. The average Bonchev–Trinajstić information content (AvgIpc) is 2.47. The molecule has 0 amide bonds. The molecule has 1 N–H and O–H groups in total. The third-order valence-electron chi connectivity index (χ3n) is 3.93. The van der Waals surface area contributed by atoms with Crippen LogP contribution in [0.2, 0.25) is 0 Å². The predicted octanol–water partition coefficient (Wildman–Crippen LogP) is 1.92. The summed E-state index contributed by atoms with van der Waals surface area (Å²) in [6.45, 7) is 8.03. The molecule has 0 radical (unpaired) electrons. The summed E-state index contributed by atoms with van der Waals surface area (Å²) in [7, 11) is 2.19. The standard InChI is InChI=1S/C16H27N3O/c1-3-17-12-16(7-5-9-20-14-16)13-19(2)11-15-6-4-8-18-10-15/h4,6,8,10,17H,3,5,7,9,11-14H2,1-2H3. The van der Waals surface area contributed by atoms with Crippen molar-refractivity contribution in [1.29, 1.82) is 0 Å². The highest BCUT2D eigenvalue weighted by atomic mass is 16.5. The van der Waals surface area contributed by atoms with E-state index in [9.17, 15) is 0 Å². The Labute approximate surface area is 122 Å². The molecule has 1 aliphatic heterocycles. The van der Waals surface area contributed by atoms with Crippen LogP contribution in [0.15, 0.2) is 24.5 Å². The van der Waals surface area contributed by atoms with E-state index in [-0.39, 0.29) is 5.41 Å². The minimum Gasteiger partial charge on any atom is -0.381 e. The maximum absolute atomic E-state index is 5.75. The van der Waals surface area contributed by atoms with Crippen molar-refractivity contribution in [2.24, 2.45) is 5.41 Å². The number of rotatable bonds is 7. The first-order valence-electron chi connectivity index (χ1n) is 7.60. The Bertz CT molecular complexity index is 377. The second kappa shape index (κ2) is 7.72. The van der Waals surface area contributed by atoms with E-state index in [1.54, 1.807) is 0 Å². The van der Waals surface area contributed by atoms with Crippen molar-refractivity contribution < 1.29 is 4.74 Å². The van der Waals surface area contributed by atoms with Crippen molar-refractivity contribution >= 4 is 0 Å². The number of nitrogens with zero attached hydrogens (tertiary/aromatic N) is 2. The number of hydrogen-bond acceptors (Lipinski definition) is 4. The molecule has 2 heterocycles. The highest BCUT2D eigenvalue weighted by Crippen LogP contribution is 2.29. The smallest absolute Gasteiger partial charge is 0.0546 e. The zero-order chi connectivity index (χ0) is 14.3. The fourth-order valence-corrected chi connectivity index (χ4v) is 3.05. The third-order valence-corrected chi connectivity index (χ3v) is 3.93. The molecule has 1 saturated heterocycles. The van der Waals surface area contributed by atoms with Crippen molar-refractivity contribution in [2.75, 3.05) is 39.9 Å². The van der Waals surface area contributed by atoms with Crippen molar-refractivity contribution in [3.63, 3.8) is 0 Å². The summed E-state index contributed by atoms with van der Waals surface area (Å²) in [6, 6.07) is 4.14. The largest absolute Gasteiger partial charge is 0.381 e. The maximum Gasteiger partial charge on any atom is 0.0546 e. The molecule has 20 heavy (non-hydrogen) atoms. The van der Waals surface area contributed by atoms with Gasteiger partial charge in [-0.25, -0.2) is 0 Å². The van der Waals surface area contributed by atoms with Gasteiger partial charge in [0.1, 0.15) is 0 Å². The summed E-state index contributed by atoms with van der Waals surface area (Å²) in [5.41, 5.74) is 1.52. The first kappa shape index (κ1) is 15.4. The Morgan fingerprint density at radius 2 is 2.40 bits per heavy atom. The van der Waals surface area contributed by atoms with Crippen LogP contribution in [0.1, 0.15) is 25.3 Å². The molecule has 1 aromatic heterocycles. The molecule has 0 saturated carbocycles. The molecule has 0 aliphatic carbocycles. The van der Waals surface area contributed by atoms with Crippen molar-refractivity contribution in [1.82, 2.24) is 15.2 Å². The van der Waals surface area contributed by atoms with Crippen LogP contribution in [0.3, 0.4) is 0 Å². The summed E-state index contributed by atoms with van der Waals surface area (Å²) in [5, 5.41) is 3.51. The monoisotopic (exact) mass is 277 g/mol. The van der Waals surface area contributed by atoms with Gasteiger partial charge in [-0.15, -0.1) is 0 Å². The van der Waals surface area contributed by atoms with E-state index in [2.05, 4.69) is 35.2 Å². The van der Waals surface area contributed by atoms with Gasteiger partial charge < -0.3 is 15.0 Å². The normalized spacial score (nSPS) is 23.1. The van der Waals surface area contributed by atoms with E-state index in [1.807, 2.05) is 18.5 Å².